The van der Waals surface area contributed by atoms with Crippen LogP contribution in [0.3, 0.4) is 0 Å². The van der Waals surface area contributed by atoms with Crippen molar-refractivity contribution in [2.24, 2.45) is 5.14 Å². The van der Waals surface area contributed by atoms with Gasteiger partial charge in [0.1, 0.15) is 5.75 Å². The number of carbonyl (C=O) groups is 1. The molecule has 0 radical (unpaired) electrons. The SMILES string of the molecule is COc1ccccc1-c1nnc(SCC(=O)Nc2ccc(S(N)(=O)=O)cc2)n1CCc1ccccc1. The predicted molar refractivity (Wildman–Crippen MR) is 139 cm³/mol. The van der Waals surface area contributed by atoms with E-state index in [0.29, 0.717) is 29.0 Å². The number of hydrogen-bond acceptors (Lipinski definition) is 7. The summed E-state index contributed by atoms with van der Waals surface area (Å²) in [5.74, 6) is 1.17. The molecule has 11 heteroatoms. The van der Waals surface area contributed by atoms with Crippen LogP contribution in [-0.4, -0.2) is 42.0 Å². The van der Waals surface area contributed by atoms with Crippen LogP contribution in [0.5, 0.6) is 5.75 Å². The van der Waals surface area contributed by atoms with E-state index < -0.39 is 10.0 Å². The number of aromatic nitrogens is 3. The first kappa shape index (κ1) is 25.4. The number of benzene rings is 3. The molecular weight excluding hydrogens is 498 g/mol. The standard InChI is InChI=1S/C25H25N5O4S2/c1-34-22-10-6-5-9-21(22)24-28-29-25(30(24)16-15-18-7-3-2-4-8-18)35-17-23(31)27-19-11-13-20(14-12-19)36(26,32)33/h2-14H,15-17H2,1H3,(H,27,31)(H2,26,32,33). The molecule has 0 saturated heterocycles. The van der Waals surface area contributed by atoms with Crippen LogP contribution in [0.4, 0.5) is 5.69 Å². The number of carbonyl (C=O) groups excluding carboxylic acids is 1. The molecule has 0 aliphatic heterocycles. The number of nitrogens with zero attached hydrogens (tertiary/aromatic N) is 3. The van der Waals surface area contributed by atoms with Gasteiger partial charge < -0.3 is 14.6 Å². The van der Waals surface area contributed by atoms with Gasteiger partial charge in [0.15, 0.2) is 11.0 Å². The fourth-order valence-corrected chi connectivity index (χ4v) is 4.85. The Labute approximate surface area is 213 Å². The molecule has 186 valence electrons. The number of primary sulfonamides is 1. The van der Waals surface area contributed by atoms with Gasteiger partial charge in [-0.25, -0.2) is 13.6 Å². The molecule has 9 nitrogen and oxygen atoms in total. The molecule has 0 unspecified atom stereocenters. The second-order valence-electron chi connectivity index (χ2n) is 7.80. The summed E-state index contributed by atoms with van der Waals surface area (Å²) < 4.78 is 30.3. The minimum atomic E-state index is -3.79. The van der Waals surface area contributed by atoms with Crippen LogP contribution in [0.1, 0.15) is 5.56 Å². The van der Waals surface area contributed by atoms with E-state index in [1.165, 1.54) is 41.6 Å². The molecular formula is C25H25N5O4S2. The molecule has 0 aliphatic carbocycles. The van der Waals surface area contributed by atoms with E-state index in [1.54, 1.807) is 7.11 Å². The zero-order valence-electron chi connectivity index (χ0n) is 19.5. The number of nitrogens with two attached hydrogens (primary N) is 1. The summed E-state index contributed by atoms with van der Waals surface area (Å²) in [5, 5.41) is 17.2. The van der Waals surface area contributed by atoms with Gasteiger partial charge in [-0.15, -0.1) is 10.2 Å². The lowest BCUT2D eigenvalue weighted by Crippen LogP contribution is -2.15. The van der Waals surface area contributed by atoms with Gasteiger partial charge >= 0.3 is 0 Å². The normalized spacial score (nSPS) is 11.3. The molecule has 0 aliphatic rings. The third-order valence-electron chi connectivity index (χ3n) is 5.33. The second kappa shape index (κ2) is 11.4. The van der Waals surface area contributed by atoms with Crippen molar-refractivity contribution in [3.05, 3.63) is 84.4 Å². The van der Waals surface area contributed by atoms with E-state index in [4.69, 9.17) is 9.88 Å². The first-order valence-electron chi connectivity index (χ1n) is 11.0. The van der Waals surface area contributed by atoms with Crippen molar-refractivity contribution >= 4 is 33.4 Å². The first-order chi connectivity index (χ1) is 17.3. The van der Waals surface area contributed by atoms with E-state index in [0.717, 1.165) is 12.0 Å². The van der Waals surface area contributed by atoms with Gasteiger partial charge in [0.05, 0.1) is 23.3 Å². The van der Waals surface area contributed by atoms with E-state index in [-0.39, 0.29) is 16.6 Å². The topological polar surface area (TPSA) is 129 Å². The quantitative estimate of drug-likeness (QED) is 0.304. The third kappa shape index (κ3) is 6.30. The number of amides is 1. The van der Waals surface area contributed by atoms with Crippen LogP contribution in [0.15, 0.2) is 88.9 Å². The number of hydrogen-bond donors (Lipinski definition) is 2. The van der Waals surface area contributed by atoms with Crippen molar-refractivity contribution < 1.29 is 17.9 Å². The molecule has 0 atom stereocenters. The molecule has 3 N–H and O–H groups in total. The Hall–Kier alpha value is -3.67. The molecule has 0 fully saturated rings. The Kier molecular flexibility index (Phi) is 8.04. The molecule has 4 rings (SSSR count). The van der Waals surface area contributed by atoms with Gasteiger partial charge in [-0.05, 0) is 48.4 Å². The highest BCUT2D eigenvalue weighted by molar-refractivity contribution is 7.99. The number of sulfonamides is 1. The second-order valence-corrected chi connectivity index (χ2v) is 10.3. The van der Waals surface area contributed by atoms with Gasteiger partial charge in [0.2, 0.25) is 15.9 Å². The summed E-state index contributed by atoms with van der Waals surface area (Å²) in [7, 11) is -2.18. The Morgan fingerprint density at radius 2 is 1.69 bits per heavy atom. The predicted octanol–water partition coefficient (Wildman–Crippen LogP) is 3.57. The van der Waals surface area contributed by atoms with Crippen molar-refractivity contribution in [3.8, 4) is 17.1 Å². The van der Waals surface area contributed by atoms with Gasteiger partial charge in [-0.2, -0.15) is 0 Å². The Morgan fingerprint density at radius 1 is 1.00 bits per heavy atom. The lowest BCUT2D eigenvalue weighted by atomic mass is 10.1. The maximum atomic E-state index is 12.6. The van der Waals surface area contributed by atoms with Crippen LogP contribution in [0.2, 0.25) is 0 Å². The summed E-state index contributed by atoms with van der Waals surface area (Å²) in [6.45, 7) is 0.614. The summed E-state index contributed by atoms with van der Waals surface area (Å²) in [5.41, 5.74) is 2.45. The Bertz CT molecular complexity index is 1440. The van der Waals surface area contributed by atoms with Crippen molar-refractivity contribution in [1.29, 1.82) is 0 Å². The maximum Gasteiger partial charge on any atom is 0.238 e. The van der Waals surface area contributed by atoms with Crippen LogP contribution in [0, 0.1) is 0 Å². The summed E-state index contributed by atoms with van der Waals surface area (Å²) in [6.07, 6.45) is 0.761. The van der Waals surface area contributed by atoms with Crippen LogP contribution < -0.4 is 15.2 Å². The largest absolute Gasteiger partial charge is 0.496 e. The molecule has 36 heavy (non-hydrogen) atoms. The minimum Gasteiger partial charge on any atom is -0.496 e. The third-order valence-corrected chi connectivity index (χ3v) is 7.23. The van der Waals surface area contributed by atoms with E-state index in [1.807, 2.05) is 47.0 Å². The number of methoxy groups -OCH3 is 1. The summed E-state index contributed by atoms with van der Waals surface area (Å²) >= 11 is 1.27. The first-order valence-corrected chi connectivity index (χ1v) is 13.5. The summed E-state index contributed by atoms with van der Waals surface area (Å²) in [4.78, 5) is 12.6. The molecule has 0 saturated carbocycles. The smallest absolute Gasteiger partial charge is 0.238 e. The van der Waals surface area contributed by atoms with Crippen molar-refractivity contribution in [1.82, 2.24) is 14.8 Å². The average Bonchev–Trinajstić information content (AvgIpc) is 3.29. The average molecular weight is 524 g/mol. The highest BCUT2D eigenvalue weighted by Gasteiger charge is 2.18. The van der Waals surface area contributed by atoms with Gasteiger partial charge in [0, 0.05) is 12.2 Å². The zero-order chi connectivity index (χ0) is 25.5. The molecule has 0 bridgehead atoms. The Morgan fingerprint density at radius 3 is 2.39 bits per heavy atom. The van der Waals surface area contributed by atoms with Gasteiger partial charge in [-0.3, -0.25) is 4.79 Å². The zero-order valence-corrected chi connectivity index (χ0v) is 21.1. The van der Waals surface area contributed by atoms with Crippen LogP contribution in [0.25, 0.3) is 11.4 Å². The van der Waals surface area contributed by atoms with E-state index >= 15 is 0 Å². The molecule has 0 spiro atoms. The number of nitrogens with one attached hydrogen (secondary N) is 1. The lowest BCUT2D eigenvalue weighted by molar-refractivity contribution is -0.113. The fraction of sp³-hybridized carbons (Fsp3) is 0.160. The molecule has 1 heterocycles. The number of aryl methyl sites for hydroxylation is 1. The van der Waals surface area contributed by atoms with Crippen molar-refractivity contribution in [3.63, 3.8) is 0 Å². The number of thioether (sulfide) groups is 1. The molecule has 1 amide bonds. The van der Waals surface area contributed by atoms with Crippen molar-refractivity contribution in [2.45, 2.75) is 23.0 Å². The minimum absolute atomic E-state index is 0.0229. The Balaban J connectivity index is 1.51. The molecule has 1 aromatic heterocycles. The van der Waals surface area contributed by atoms with Crippen LogP contribution >= 0.6 is 11.8 Å². The maximum absolute atomic E-state index is 12.6. The van der Waals surface area contributed by atoms with E-state index in [2.05, 4.69) is 27.6 Å². The lowest BCUT2D eigenvalue weighted by Gasteiger charge is -2.12. The number of rotatable bonds is 10. The van der Waals surface area contributed by atoms with Gasteiger partial charge in [-0.1, -0.05) is 54.2 Å². The van der Waals surface area contributed by atoms with Crippen molar-refractivity contribution in [2.75, 3.05) is 18.2 Å². The van der Waals surface area contributed by atoms with Crippen LogP contribution in [-0.2, 0) is 27.8 Å². The number of para-hydroxylation sites is 1. The van der Waals surface area contributed by atoms with E-state index in [9.17, 15) is 13.2 Å². The molecule has 3 aromatic carbocycles. The monoisotopic (exact) mass is 523 g/mol. The fourth-order valence-electron chi connectivity index (χ4n) is 3.57. The summed E-state index contributed by atoms with van der Waals surface area (Å²) in [6, 6.07) is 23.4. The number of ether oxygens (including phenoxy) is 1. The highest BCUT2D eigenvalue weighted by Crippen LogP contribution is 2.31. The number of anilines is 1. The highest BCUT2D eigenvalue weighted by atomic mass is 32.2. The molecule has 4 aromatic rings. The van der Waals surface area contributed by atoms with Gasteiger partial charge in [0.25, 0.3) is 0 Å².